The number of phenols is 2. The van der Waals surface area contributed by atoms with Crippen LogP contribution in [0, 0.1) is 0 Å². The standard InChI is InChI=1S/C17H16O9/c1-24-10-6-17(23,4-3-7(10)18)16-14(22)12(20)11-9(26-16)5-8(19)15(25-2)13(11)21/h5-6,19,21-23H,3-4H2,1-2H3. The maximum absolute atomic E-state index is 12.5. The molecule has 0 fully saturated rings. The van der Waals surface area contributed by atoms with Gasteiger partial charge in [-0.2, -0.15) is 0 Å². The van der Waals surface area contributed by atoms with Crippen LogP contribution in [0.15, 0.2) is 27.1 Å². The van der Waals surface area contributed by atoms with Crippen LogP contribution >= 0.6 is 0 Å². The number of carbonyl (C=O) groups excluding carboxylic acids is 1. The van der Waals surface area contributed by atoms with Crippen molar-refractivity contribution in [2.45, 2.75) is 18.4 Å². The van der Waals surface area contributed by atoms with Crippen molar-refractivity contribution in [1.29, 1.82) is 0 Å². The van der Waals surface area contributed by atoms with Crippen molar-refractivity contribution in [3.05, 3.63) is 33.9 Å². The van der Waals surface area contributed by atoms with Crippen molar-refractivity contribution in [1.82, 2.24) is 0 Å². The lowest BCUT2D eigenvalue weighted by molar-refractivity contribution is -0.121. The van der Waals surface area contributed by atoms with E-state index in [4.69, 9.17) is 13.9 Å². The molecule has 0 bridgehead atoms. The van der Waals surface area contributed by atoms with E-state index in [1.54, 1.807) is 0 Å². The van der Waals surface area contributed by atoms with Crippen molar-refractivity contribution >= 4 is 16.8 Å². The lowest BCUT2D eigenvalue weighted by Gasteiger charge is -2.28. The van der Waals surface area contributed by atoms with Crippen molar-refractivity contribution < 1.29 is 39.1 Å². The molecule has 4 N–H and O–H groups in total. The fourth-order valence-corrected chi connectivity index (χ4v) is 2.94. The summed E-state index contributed by atoms with van der Waals surface area (Å²) >= 11 is 0. The highest BCUT2D eigenvalue weighted by Gasteiger charge is 2.40. The van der Waals surface area contributed by atoms with Gasteiger partial charge in [0.05, 0.1) is 14.2 Å². The molecule has 0 amide bonds. The lowest BCUT2D eigenvalue weighted by Crippen LogP contribution is -2.31. The average molecular weight is 364 g/mol. The number of phenolic OH excluding ortho intramolecular Hbond substituents is 2. The zero-order valence-corrected chi connectivity index (χ0v) is 13.9. The van der Waals surface area contributed by atoms with Gasteiger partial charge in [-0.1, -0.05) is 0 Å². The van der Waals surface area contributed by atoms with Gasteiger partial charge in [0.25, 0.3) is 0 Å². The summed E-state index contributed by atoms with van der Waals surface area (Å²) in [5.74, 6) is -3.53. The van der Waals surface area contributed by atoms with Gasteiger partial charge in [-0.15, -0.1) is 0 Å². The van der Waals surface area contributed by atoms with Crippen molar-refractivity contribution in [2.24, 2.45) is 0 Å². The van der Waals surface area contributed by atoms with E-state index in [-0.39, 0.29) is 35.7 Å². The van der Waals surface area contributed by atoms with Crippen molar-refractivity contribution in [3.63, 3.8) is 0 Å². The van der Waals surface area contributed by atoms with Crippen LogP contribution in [0.3, 0.4) is 0 Å². The Balaban J connectivity index is 2.33. The lowest BCUT2D eigenvalue weighted by atomic mass is 9.86. The minimum absolute atomic E-state index is 0.101. The van der Waals surface area contributed by atoms with E-state index < -0.39 is 39.4 Å². The van der Waals surface area contributed by atoms with E-state index in [1.807, 2.05) is 0 Å². The number of aromatic hydroxyl groups is 3. The van der Waals surface area contributed by atoms with Crippen LogP contribution in [0.5, 0.6) is 23.0 Å². The number of hydrogen-bond acceptors (Lipinski definition) is 9. The molecule has 9 heteroatoms. The molecule has 138 valence electrons. The number of aliphatic hydroxyl groups is 1. The second kappa shape index (κ2) is 5.95. The minimum atomic E-state index is -1.98. The normalized spacial score (nSPS) is 20.1. The van der Waals surface area contributed by atoms with Gasteiger partial charge in [-0.3, -0.25) is 9.59 Å². The third-order valence-electron chi connectivity index (χ3n) is 4.26. The molecule has 1 aliphatic rings. The number of hydrogen-bond donors (Lipinski definition) is 4. The average Bonchev–Trinajstić information content (AvgIpc) is 2.60. The predicted octanol–water partition coefficient (Wildman–Crippen LogP) is 0.999. The van der Waals surface area contributed by atoms with Gasteiger partial charge in [0.15, 0.2) is 28.8 Å². The smallest absolute Gasteiger partial charge is 0.238 e. The summed E-state index contributed by atoms with van der Waals surface area (Å²) in [6.45, 7) is 0. The molecule has 0 spiro atoms. The Morgan fingerprint density at radius 1 is 1.12 bits per heavy atom. The molecule has 3 rings (SSSR count). The Hall–Kier alpha value is -3.20. The molecule has 1 aromatic heterocycles. The summed E-state index contributed by atoms with van der Waals surface area (Å²) in [5.41, 5.74) is -3.30. The predicted molar refractivity (Wildman–Crippen MR) is 87.3 cm³/mol. The van der Waals surface area contributed by atoms with Crippen LogP contribution < -0.4 is 10.2 Å². The molecule has 2 aromatic rings. The summed E-state index contributed by atoms with van der Waals surface area (Å²) in [6.07, 6.45) is 0.789. The van der Waals surface area contributed by atoms with Crippen molar-refractivity contribution in [3.8, 4) is 23.0 Å². The van der Waals surface area contributed by atoms with Crippen LogP contribution in [0.25, 0.3) is 11.0 Å². The first kappa shape index (κ1) is 17.6. The van der Waals surface area contributed by atoms with Gasteiger partial charge in [0, 0.05) is 18.6 Å². The third kappa shape index (κ3) is 2.44. The fourth-order valence-electron chi connectivity index (χ4n) is 2.94. The number of Topliss-reactive ketones (excluding diaryl/α,β-unsaturated/α-hetero) is 1. The second-order valence-corrected chi connectivity index (χ2v) is 5.82. The highest BCUT2D eigenvalue weighted by Crippen LogP contribution is 2.44. The van der Waals surface area contributed by atoms with E-state index in [0.717, 1.165) is 12.1 Å². The highest BCUT2D eigenvalue weighted by atomic mass is 16.5. The molecular formula is C17H16O9. The van der Waals surface area contributed by atoms with Crippen molar-refractivity contribution in [2.75, 3.05) is 14.2 Å². The van der Waals surface area contributed by atoms with Crippen LogP contribution in [-0.4, -0.2) is 40.4 Å². The van der Waals surface area contributed by atoms with E-state index in [0.29, 0.717) is 0 Å². The maximum atomic E-state index is 12.5. The SMILES string of the molecule is COC1=CC(O)(c2oc3cc(O)c(OC)c(O)c3c(=O)c2O)CCC1=O. The summed E-state index contributed by atoms with van der Waals surface area (Å²) in [5, 5.41) is 40.7. The number of fused-ring (bicyclic) bond motifs is 1. The first-order valence-electron chi connectivity index (χ1n) is 7.55. The van der Waals surface area contributed by atoms with E-state index >= 15 is 0 Å². The van der Waals surface area contributed by atoms with Gasteiger partial charge >= 0.3 is 0 Å². The molecule has 0 aliphatic heterocycles. The number of allylic oxidation sites excluding steroid dienone is 1. The molecular weight excluding hydrogens is 348 g/mol. The van der Waals surface area contributed by atoms with Gasteiger partial charge in [-0.05, 0) is 6.42 Å². The Morgan fingerprint density at radius 3 is 2.42 bits per heavy atom. The van der Waals surface area contributed by atoms with E-state index in [1.165, 1.54) is 14.2 Å². The molecule has 1 unspecified atom stereocenters. The third-order valence-corrected chi connectivity index (χ3v) is 4.26. The zero-order valence-electron chi connectivity index (χ0n) is 13.9. The first-order valence-corrected chi connectivity index (χ1v) is 7.55. The highest BCUT2D eigenvalue weighted by molar-refractivity contribution is 5.95. The van der Waals surface area contributed by atoms with Gasteiger partial charge in [0.2, 0.25) is 16.9 Å². The maximum Gasteiger partial charge on any atom is 0.238 e. The van der Waals surface area contributed by atoms with E-state index in [9.17, 15) is 30.0 Å². The molecule has 0 saturated carbocycles. The minimum Gasteiger partial charge on any atom is -0.504 e. The molecule has 1 aliphatic carbocycles. The van der Waals surface area contributed by atoms with Gasteiger partial charge < -0.3 is 34.3 Å². The summed E-state index contributed by atoms with van der Waals surface area (Å²) in [7, 11) is 2.42. The summed E-state index contributed by atoms with van der Waals surface area (Å²) in [4.78, 5) is 24.2. The Labute approximate surface area is 146 Å². The van der Waals surface area contributed by atoms with Crippen LogP contribution in [-0.2, 0) is 15.1 Å². The Kier molecular flexibility index (Phi) is 4.03. The number of carbonyl (C=O) groups is 1. The first-order chi connectivity index (χ1) is 12.2. The Morgan fingerprint density at radius 2 is 1.81 bits per heavy atom. The van der Waals surface area contributed by atoms with Crippen LogP contribution in [0.4, 0.5) is 0 Å². The summed E-state index contributed by atoms with van der Waals surface area (Å²) in [6, 6.07) is 1.01. The fraction of sp³-hybridized carbons (Fsp3) is 0.294. The van der Waals surface area contributed by atoms with Crippen LogP contribution in [0.2, 0.25) is 0 Å². The molecule has 0 saturated heterocycles. The van der Waals surface area contributed by atoms with Gasteiger partial charge in [-0.25, -0.2) is 0 Å². The number of benzene rings is 1. The topological polar surface area (TPSA) is 147 Å². The molecule has 1 aromatic carbocycles. The number of rotatable bonds is 3. The summed E-state index contributed by atoms with van der Waals surface area (Å²) < 4.78 is 15.1. The van der Waals surface area contributed by atoms with Gasteiger partial charge in [0.1, 0.15) is 16.6 Å². The Bertz CT molecular complexity index is 1000. The van der Waals surface area contributed by atoms with E-state index in [2.05, 4.69) is 0 Å². The quantitative estimate of drug-likeness (QED) is 0.626. The molecule has 26 heavy (non-hydrogen) atoms. The molecule has 9 nitrogen and oxygen atoms in total. The van der Waals surface area contributed by atoms with Crippen LogP contribution in [0.1, 0.15) is 18.6 Å². The number of ketones is 1. The number of ether oxygens (including phenoxy) is 2. The second-order valence-electron chi connectivity index (χ2n) is 5.82. The zero-order chi connectivity index (χ0) is 19.2. The monoisotopic (exact) mass is 364 g/mol. The molecule has 1 atom stereocenters. The molecule has 0 radical (unpaired) electrons. The molecule has 1 heterocycles. The number of methoxy groups -OCH3 is 2. The largest absolute Gasteiger partial charge is 0.504 e.